The van der Waals surface area contributed by atoms with E-state index in [1.54, 1.807) is 0 Å². The Labute approximate surface area is 196 Å². The van der Waals surface area contributed by atoms with E-state index >= 15 is 0 Å². The second-order valence-corrected chi connectivity index (χ2v) is 8.04. The van der Waals surface area contributed by atoms with Crippen LogP contribution in [0.5, 0.6) is 0 Å². The summed E-state index contributed by atoms with van der Waals surface area (Å²) < 4.78 is 2.04. The van der Waals surface area contributed by atoms with Gasteiger partial charge in [0.25, 0.3) is 0 Å². The van der Waals surface area contributed by atoms with Gasteiger partial charge in [0, 0.05) is 43.9 Å². The average molecular weight is 583 g/mol. The minimum atomic E-state index is 0. The summed E-state index contributed by atoms with van der Waals surface area (Å²) in [5, 5.41) is 2.16. The zero-order valence-corrected chi connectivity index (χ0v) is 20.5. The van der Waals surface area contributed by atoms with Gasteiger partial charge in [-0.05, 0) is 62.8 Å². The van der Waals surface area contributed by atoms with Crippen molar-refractivity contribution in [3.05, 3.63) is 102 Å². The normalized spacial score (nSPS) is 11.0. The van der Waals surface area contributed by atoms with Crippen molar-refractivity contribution in [2.24, 2.45) is 0 Å². The monoisotopic (exact) mass is 583 g/mol. The van der Waals surface area contributed by atoms with Crippen LogP contribution in [0.25, 0.3) is 16.4 Å². The van der Waals surface area contributed by atoms with Gasteiger partial charge < -0.3 is 9.30 Å². The smallest absolute Gasteiger partial charge is 0.0604 e. The first-order valence-electron chi connectivity index (χ1n) is 10.2. The molecule has 3 nitrogen and oxygen atoms in total. The van der Waals surface area contributed by atoms with Crippen molar-refractivity contribution >= 4 is 33.5 Å². The largest absolute Gasteiger partial charge is 0.347 e. The van der Waals surface area contributed by atoms with E-state index < -0.39 is 0 Å². The zero-order valence-electron chi connectivity index (χ0n) is 18.1. The molecule has 1 radical (unpaired) electrons. The average Bonchev–Trinajstić information content (AvgIpc) is 3.20. The molecule has 5 aromatic rings. The summed E-state index contributed by atoms with van der Waals surface area (Å²) in [6, 6.07) is 23.0. The maximum absolute atomic E-state index is 4.56. The van der Waals surface area contributed by atoms with E-state index in [1.165, 1.54) is 33.6 Å². The molecule has 2 heterocycles. The van der Waals surface area contributed by atoms with Gasteiger partial charge in [-0.2, -0.15) is 0 Å². The van der Waals surface area contributed by atoms with Crippen molar-refractivity contribution < 1.29 is 20.1 Å². The van der Waals surface area contributed by atoms with Crippen LogP contribution in [0, 0.1) is 33.8 Å². The minimum absolute atomic E-state index is 0. The van der Waals surface area contributed by atoms with Gasteiger partial charge >= 0.3 is 0 Å². The fraction of sp³-hybridized carbons (Fsp3) is 0.148. The molecular weight excluding hydrogens is 559 g/mol. The van der Waals surface area contributed by atoms with Crippen molar-refractivity contribution in [1.82, 2.24) is 9.38 Å². The summed E-state index contributed by atoms with van der Waals surface area (Å²) in [6.45, 7) is 8.64. The second kappa shape index (κ2) is 8.30. The summed E-state index contributed by atoms with van der Waals surface area (Å²) in [6.07, 6.45) is 5.88. The van der Waals surface area contributed by atoms with Crippen molar-refractivity contribution in [3.63, 3.8) is 0 Å². The molecule has 0 spiro atoms. The molecule has 0 unspecified atom stereocenters. The van der Waals surface area contributed by atoms with Crippen molar-refractivity contribution in [2.45, 2.75) is 27.7 Å². The van der Waals surface area contributed by atoms with Crippen LogP contribution in [-0.4, -0.2) is 9.38 Å². The number of pyridine rings is 1. The summed E-state index contributed by atoms with van der Waals surface area (Å²) in [4.78, 5) is 6.94. The number of fused-ring (bicyclic) bond motifs is 3. The SMILES string of the molecule is Cc1ccc(N(c2ccc(C)cc2C)c2cc[c-]c3c2ccn2ccnc32)c(C)c1.[Ir]. The second-order valence-electron chi connectivity index (χ2n) is 8.04. The van der Waals surface area contributed by atoms with Gasteiger partial charge in [0.1, 0.15) is 0 Å². The van der Waals surface area contributed by atoms with E-state index in [9.17, 15) is 0 Å². The Morgan fingerprint density at radius 1 is 0.774 bits per heavy atom. The number of rotatable bonds is 3. The molecule has 0 fully saturated rings. The molecule has 0 bridgehead atoms. The maximum Gasteiger partial charge on any atom is 0.0604 e. The van der Waals surface area contributed by atoms with Crippen molar-refractivity contribution in [3.8, 4) is 0 Å². The number of benzene rings is 3. The Morgan fingerprint density at radius 3 is 2.03 bits per heavy atom. The third-order valence-corrected chi connectivity index (χ3v) is 5.74. The predicted octanol–water partition coefficient (Wildman–Crippen LogP) is 6.99. The summed E-state index contributed by atoms with van der Waals surface area (Å²) >= 11 is 0. The zero-order chi connectivity index (χ0) is 20.8. The third-order valence-electron chi connectivity index (χ3n) is 5.74. The van der Waals surface area contributed by atoms with E-state index in [-0.39, 0.29) is 20.1 Å². The molecule has 31 heavy (non-hydrogen) atoms. The number of aromatic nitrogens is 2. The first kappa shape index (κ1) is 21.3. The van der Waals surface area contributed by atoms with Gasteiger partial charge in [0.2, 0.25) is 0 Å². The number of nitrogens with zero attached hydrogens (tertiary/aromatic N) is 3. The minimum Gasteiger partial charge on any atom is -0.347 e. The third kappa shape index (κ3) is 3.67. The van der Waals surface area contributed by atoms with Crippen molar-refractivity contribution in [1.29, 1.82) is 0 Å². The molecule has 0 atom stereocenters. The van der Waals surface area contributed by atoms with Crippen LogP contribution in [0.4, 0.5) is 17.1 Å². The number of hydrogen-bond acceptors (Lipinski definition) is 2. The summed E-state index contributed by atoms with van der Waals surface area (Å²) in [5.74, 6) is 0. The van der Waals surface area contributed by atoms with Crippen LogP contribution in [0.15, 0.2) is 73.2 Å². The first-order valence-corrected chi connectivity index (χ1v) is 10.2. The first-order chi connectivity index (χ1) is 14.5. The molecule has 0 N–H and O–H groups in total. The fourth-order valence-corrected chi connectivity index (χ4v) is 4.33. The van der Waals surface area contributed by atoms with Gasteiger partial charge in [-0.3, -0.25) is 4.98 Å². The molecule has 4 heteroatoms. The van der Waals surface area contributed by atoms with E-state index in [2.05, 4.69) is 98.4 Å². The molecule has 3 aromatic carbocycles. The Bertz CT molecular complexity index is 1350. The van der Waals surface area contributed by atoms with Gasteiger partial charge in [-0.15, -0.1) is 18.2 Å². The van der Waals surface area contributed by atoms with E-state index in [4.69, 9.17) is 0 Å². The van der Waals surface area contributed by atoms with Crippen LogP contribution in [0.1, 0.15) is 22.3 Å². The van der Waals surface area contributed by atoms with E-state index in [0.717, 1.165) is 22.1 Å². The molecule has 0 saturated heterocycles. The fourth-order valence-electron chi connectivity index (χ4n) is 4.33. The van der Waals surface area contributed by atoms with Gasteiger partial charge in [0.15, 0.2) is 0 Å². The van der Waals surface area contributed by atoms with Crippen LogP contribution in [-0.2, 0) is 20.1 Å². The van der Waals surface area contributed by atoms with Crippen LogP contribution in [0.3, 0.4) is 0 Å². The molecular formula is C27H24IrN3-. The number of hydrogen-bond donors (Lipinski definition) is 0. The van der Waals surface area contributed by atoms with E-state index in [0.29, 0.717) is 0 Å². The van der Waals surface area contributed by atoms with Gasteiger partial charge in [0.05, 0.1) is 5.65 Å². The molecule has 2 aromatic heterocycles. The molecule has 5 rings (SSSR count). The topological polar surface area (TPSA) is 20.5 Å². The number of aryl methyl sites for hydroxylation is 4. The molecule has 0 amide bonds. The Hall–Kier alpha value is -2.94. The Morgan fingerprint density at radius 2 is 1.42 bits per heavy atom. The standard InChI is InChI=1S/C27H24N3.Ir/c1-18-8-10-24(20(3)16-18)30(25-11-9-19(2)17-21(25)4)26-7-5-6-23-22(26)12-14-29-15-13-28-27(23)29;/h5,7-17H,1-4H3;/q-1;. The number of imidazole rings is 1. The summed E-state index contributed by atoms with van der Waals surface area (Å²) in [7, 11) is 0. The maximum atomic E-state index is 4.56. The molecule has 0 aliphatic carbocycles. The van der Waals surface area contributed by atoms with Crippen LogP contribution < -0.4 is 4.90 Å². The molecule has 0 saturated carbocycles. The van der Waals surface area contributed by atoms with Crippen LogP contribution >= 0.6 is 0 Å². The van der Waals surface area contributed by atoms with Gasteiger partial charge in [-0.25, -0.2) is 0 Å². The Kier molecular flexibility index (Phi) is 5.70. The number of anilines is 3. The van der Waals surface area contributed by atoms with E-state index in [1.807, 2.05) is 22.9 Å². The van der Waals surface area contributed by atoms with Crippen molar-refractivity contribution in [2.75, 3.05) is 4.90 Å². The van der Waals surface area contributed by atoms with Gasteiger partial charge in [-0.1, -0.05) is 52.2 Å². The molecule has 157 valence electrons. The molecule has 0 aliphatic heterocycles. The predicted molar refractivity (Wildman–Crippen MR) is 125 cm³/mol. The Balaban J connectivity index is 0.00000231. The summed E-state index contributed by atoms with van der Waals surface area (Å²) in [5.41, 5.74) is 9.45. The quantitative estimate of drug-likeness (QED) is 0.214. The van der Waals surface area contributed by atoms with Crippen LogP contribution in [0.2, 0.25) is 0 Å². The molecule has 0 aliphatic rings.